The van der Waals surface area contributed by atoms with Gasteiger partial charge < -0.3 is 14.8 Å². The molecule has 0 aliphatic rings. The summed E-state index contributed by atoms with van der Waals surface area (Å²) in [5.74, 6) is -1.92. The Kier molecular flexibility index (Phi) is 6.14. The van der Waals surface area contributed by atoms with Crippen LogP contribution in [0.25, 0.3) is 0 Å². The third-order valence-electron chi connectivity index (χ3n) is 3.11. The van der Waals surface area contributed by atoms with Gasteiger partial charge in [-0.2, -0.15) is 0 Å². The van der Waals surface area contributed by atoms with Crippen LogP contribution in [0.2, 0.25) is 5.02 Å². The number of rotatable bonds is 6. The van der Waals surface area contributed by atoms with Gasteiger partial charge in [0.15, 0.2) is 6.61 Å². The number of carbonyl (C=O) groups excluding carboxylic acids is 2. The number of esters is 1. The normalized spacial score (nSPS) is 10.1. The Labute approximate surface area is 143 Å². The second-order valence-electron chi connectivity index (χ2n) is 4.83. The van der Waals surface area contributed by atoms with Gasteiger partial charge in [-0.3, -0.25) is 4.79 Å². The Hall–Kier alpha value is -2.60. The molecule has 0 aliphatic carbocycles. The molecule has 126 valence electrons. The van der Waals surface area contributed by atoms with Crippen molar-refractivity contribution >= 4 is 23.5 Å². The molecule has 7 heteroatoms. The molecule has 0 fully saturated rings. The summed E-state index contributed by atoms with van der Waals surface area (Å²) >= 11 is 5.84. The number of amides is 1. The zero-order chi connectivity index (χ0) is 17.5. The fourth-order valence-electron chi connectivity index (χ4n) is 1.90. The Morgan fingerprint density at radius 3 is 2.67 bits per heavy atom. The Morgan fingerprint density at radius 1 is 1.21 bits per heavy atom. The van der Waals surface area contributed by atoms with Crippen LogP contribution in [0.15, 0.2) is 42.5 Å². The van der Waals surface area contributed by atoms with Crippen molar-refractivity contribution in [3.05, 3.63) is 64.4 Å². The van der Waals surface area contributed by atoms with E-state index in [1.165, 1.54) is 19.2 Å². The van der Waals surface area contributed by atoms with Crippen LogP contribution in [0.3, 0.4) is 0 Å². The van der Waals surface area contributed by atoms with E-state index < -0.39 is 24.3 Å². The molecule has 2 aromatic rings. The van der Waals surface area contributed by atoms with Crippen molar-refractivity contribution in [2.24, 2.45) is 0 Å². The van der Waals surface area contributed by atoms with Gasteiger partial charge in [-0.1, -0.05) is 23.7 Å². The molecule has 0 spiro atoms. The summed E-state index contributed by atoms with van der Waals surface area (Å²) in [4.78, 5) is 23.5. The molecule has 1 N–H and O–H groups in total. The number of nitrogens with one attached hydrogen (secondary N) is 1. The zero-order valence-electron chi connectivity index (χ0n) is 12.8. The fraction of sp³-hybridized carbons (Fsp3) is 0.176. The summed E-state index contributed by atoms with van der Waals surface area (Å²) in [6, 6.07) is 10.7. The van der Waals surface area contributed by atoms with Crippen LogP contribution in [0.5, 0.6) is 5.75 Å². The average Bonchev–Trinajstić information content (AvgIpc) is 2.57. The lowest BCUT2D eigenvalue weighted by atomic mass is 10.2. The first kappa shape index (κ1) is 17.7. The highest BCUT2D eigenvalue weighted by Gasteiger charge is 2.15. The van der Waals surface area contributed by atoms with Crippen molar-refractivity contribution in [2.75, 3.05) is 13.7 Å². The van der Waals surface area contributed by atoms with E-state index in [2.05, 4.69) is 5.32 Å². The zero-order valence-corrected chi connectivity index (χ0v) is 13.6. The molecule has 0 saturated heterocycles. The SMILES string of the molecule is COc1ccc(C(=O)OCC(=O)NCc2cccc(Cl)c2)c(F)c1. The van der Waals surface area contributed by atoms with E-state index in [0.29, 0.717) is 5.02 Å². The van der Waals surface area contributed by atoms with Gasteiger partial charge in [0.1, 0.15) is 11.6 Å². The summed E-state index contributed by atoms with van der Waals surface area (Å²) in [6.07, 6.45) is 0. The molecular formula is C17H15ClFNO4. The maximum atomic E-state index is 13.7. The molecular weight excluding hydrogens is 337 g/mol. The topological polar surface area (TPSA) is 64.6 Å². The average molecular weight is 352 g/mol. The van der Waals surface area contributed by atoms with E-state index in [0.717, 1.165) is 11.6 Å². The van der Waals surface area contributed by atoms with Crippen LogP contribution in [-0.4, -0.2) is 25.6 Å². The molecule has 0 aliphatic heterocycles. The van der Waals surface area contributed by atoms with Gasteiger partial charge in [0.05, 0.1) is 12.7 Å². The molecule has 1 amide bonds. The number of hydrogen-bond donors (Lipinski definition) is 1. The molecule has 0 heterocycles. The Morgan fingerprint density at radius 2 is 2.00 bits per heavy atom. The molecule has 2 rings (SSSR count). The third-order valence-corrected chi connectivity index (χ3v) is 3.34. The van der Waals surface area contributed by atoms with Gasteiger partial charge in [-0.15, -0.1) is 0 Å². The van der Waals surface area contributed by atoms with E-state index in [1.54, 1.807) is 24.3 Å². The quantitative estimate of drug-likeness (QED) is 0.813. The molecule has 0 atom stereocenters. The first-order valence-corrected chi connectivity index (χ1v) is 7.39. The smallest absolute Gasteiger partial charge is 0.341 e. The highest BCUT2D eigenvalue weighted by atomic mass is 35.5. The van der Waals surface area contributed by atoms with Crippen LogP contribution in [0.4, 0.5) is 4.39 Å². The highest BCUT2D eigenvalue weighted by Crippen LogP contribution is 2.17. The Bertz CT molecular complexity index is 751. The van der Waals surface area contributed by atoms with Crippen molar-refractivity contribution in [2.45, 2.75) is 6.54 Å². The largest absolute Gasteiger partial charge is 0.497 e. The van der Waals surface area contributed by atoms with Gasteiger partial charge in [0.25, 0.3) is 5.91 Å². The van der Waals surface area contributed by atoms with Crippen LogP contribution < -0.4 is 10.1 Å². The van der Waals surface area contributed by atoms with E-state index >= 15 is 0 Å². The molecule has 0 saturated carbocycles. The van der Waals surface area contributed by atoms with Crippen LogP contribution in [-0.2, 0) is 16.1 Å². The lowest BCUT2D eigenvalue weighted by Crippen LogP contribution is -2.28. The van der Waals surface area contributed by atoms with E-state index in [-0.39, 0.29) is 17.9 Å². The van der Waals surface area contributed by atoms with Crippen LogP contribution in [0, 0.1) is 5.82 Å². The Balaban J connectivity index is 1.84. The van der Waals surface area contributed by atoms with Crippen molar-refractivity contribution in [1.82, 2.24) is 5.32 Å². The second kappa shape index (κ2) is 8.31. The molecule has 5 nitrogen and oxygen atoms in total. The highest BCUT2D eigenvalue weighted by molar-refractivity contribution is 6.30. The minimum absolute atomic E-state index is 0.244. The second-order valence-corrected chi connectivity index (χ2v) is 5.26. The maximum Gasteiger partial charge on any atom is 0.341 e. The summed E-state index contributed by atoms with van der Waals surface area (Å²) in [5, 5.41) is 3.14. The summed E-state index contributed by atoms with van der Waals surface area (Å²) in [7, 11) is 1.39. The molecule has 0 unspecified atom stereocenters. The minimum Gasteiger partial charge on any atom is -0.497 e. The number of ether oxygens (including phenoxy) is 2. The molecule has 24 heavy (non-hydrogen) atoms. The molecule has 0 bridgehead atoms. The van der Waals surface area contributed by atoms with E-state index in [9.17, 15) is 14.0 Å². The van der Waals surface area contributed by atoms with Crippen molar-refractivity contribution in [3.63, 3.8) is 0 Å². The first-order valence-electron chi connectivity index (χ1n) is 7.01. The van der Waals surface area contributed by atoms with E-state index in [1.807, 2.05) is 0 Å². The monoisotopic (exact) mass is 351 g/mol. The van der Waals surface area contributed by atoms with E-state index in [4.69, 9.17) is 21.1 Å². The lowest BCUT2D eigenvalue weighted by Gasteiger charge is -2.08. The van der Waals surface area contributed by atoms with Gasteiger partial charge >= 0.3 is 5.97 Å². The van der Waals surface area contributed by atoms with Gasteiger partial charge in [-0.05, 0) is 29.8 Å². The number of halogens is 2. The van der Waals surface area contributed by atoms with Gasteiger partial charge in [-0.25, -0.2) is 9.18 Å². The first-order chi connectivity index (χ1) is 11.5. The van der Waals surface area contributed by atoms with Gasteiger partial charge in [0, 0.05) is 17.6 Å². The molecule has 0 aromatic heterocycles. The van der Waals surface area contributed by atoms with Crippen LogP contribution >= 0.6 is 11.6 Å². The number of methoxy groups -OCH3 is 1. The number of hydrogen-bond acceptors (Lipinski definition) is 4. The number of carbonyl (C=O) groups is 2. The third kappa shape index (κ3) is 4.96. The lowest BCUT2D eigenvalue weighted by molar-refractivity contribution is -0.124. The van der Waals surface area contributed by atoms with Crippen molar-refractivity contribution in [1.29, 1.82) is 0 Å². The minimum atomic E-state index is -0.923. The van der Waals surface area contributed by atoms with Gasteiger partial charge in [0.2, 0.25) is 0 Å². The van der Waals surface area contributed by atoms with Crippen molar-refractivity contribution < 1.29 is 23.5 Å². The standard InChI is InChI=1S/C17H15ClFNO4/c1-23-13-5-6-14(15(19)8-13)17(22)24-10-16(21)20-9-11-3-2-4-12(18)7-11/h2-8H,9-10H2,1H3,(H,20,21). The molecule has 2 aromatic carbocycles. The fourth-order valence-corrected chi connectivity index (χ4v) is 2.11. The number of benzene rings is 2. The van der Waals surface area contributed by atoms with Crippen molar-refractivity contribution in [3.8, 4) is 5.75 Å². The van der Waals surface area contributed by atoms with Crippen LogP contribution in [0.1, 0.15) is 15.9 Å². The summed E-state index contributed by atoms with van der Waals surface area (Å²) in [6.45, 7) is -0.265. The predicted molar refractivity (Wildman–Crippen MR) is 86.5 cm³/mol. The maximum absolute atomic E-state index is 13.7. The molecule has 0 radical (unpaired) electrons. The summed E-state index contributed by atoms with van der Waals surface area (Å²) < 4.78 is 23.4. The summed E-state index contributed by atoms with van der Waals surface area (Å²) in [5.41, 5.74) is 0.543. The predicted octanol–water partition coefficient (Wildman–Crippen LogP) is 2.96.